The first kappa shape index (κ1) is 14.2. The van der Waals surface area contributed by atoms with Crippen molar-refractivity contribution < 1.29 is 0 Å². The van der Waals surface area contributed by atoms with E-state index >= 15 is 0 Å². The summed E-state index contributed by atoms with van der Waals surface area (Å²) in [5.74, 6) is 0.525. The number of H-pyrrole nitrogens is 1. The molecule has 1 N–H and O–H groups in total. The number of halogens is 2. The minimum Gasteiger partial charge on any atom is -0.336 e. The lowest BCUT2D eigenvalue weighted by Crippen LogP contribution is -1.85. The zero-order valence-electron chi connectivity index (χ0n) is 10.6. The first-order valence-corrected chi connectivity index (χ1v) is 7.92. The van der Waals surface area contributed by atoms with E-state index in [-0.39, 0.29) is 0 Å². The molecule has 0 unspecified atom stereocenters. The summed E-state index contributed by atoms with van der Waals surface area (Å²) in [6, 6.07) is 12.0. The van der Waals surface area contributed by atoms with Crippen LogP contribution in [0.1, 0.15) is 11.4 Å². The molecule has 0 fully saturated rings. The molecule has 102 valence electrons. The van der Waals surface area contributed by atoms with Crippen molar-refractivity contribution in [2.24, 2.45) is 0 Å². The number of pyridine rings is 1. The van der Waals surface area contributed by atoms with E-state index < -0.39 is 0 Å². The maximum Gasteiger partial charge on any atom is 0.178 e. The van der Waals surface area contributed by atoms with Gasteiger partial charge in [0.2, 0.25) is 0 Å². The van der Waals surface area contributed by atoms with Crippen LogP contribution in [0.4, 0.5) is 0 Å². The highest BCUT2D eigenvalue weighted by molar-refractivity contribution is 14.1. The maximum absolute atomic E-state index is 9.38. The smallest absolute Gasteiger partial charge is 0.178 e. The number of benzene rings is 1. The van der Waals surface area contributed by atoms with Crippen molar-refractivity contribution in [2.75, 3.05) is 0 Å². The van der Waals surface area contributed by atoms with Crippen molar-refractivity contribution >= 4 is 61.3 Å². The average Bonchev–Trinajstić information content (AvgIpc) is 2.87. The Morgan fingerprint density at radius 3 is 3.00 bits per heavy atom. The van der Waals surface area contributed by atoms with Gasteiger partial charge in [-0.15, -0.1) is 0 Å². The van der Waals surface area contributed by atoms with Gasteiger partial charge in [-0.3, -0.25) is 0 Å². The van der Waals surface area contributed by atoms with Crippen LogP contribution in [-0.4, -0.2) is 15.0 Å². The molecule has 0 saturated heterocycles. The van der Waals surface area contributed by atoms with Gasteiger partial charge in [0.05, 0.1) is 11.1 Å². The first-order chi connectivity index (χ1) is 10.2. The summed E-state index contributed by atoms with van der Waals surface area (Å²) in [4.78, 5) is 11.7. The second kappa shape index (κ2) is 5.95. The van der Waals surface area contributed by atoms with E-state index in [1.54, 1.807) is 6.20 Å². The highest BCUT2D eigenvalue weighted by Gasteiger charge is 2.09. The SMILES string of the molecule is N#C/C(=C\c1cccc(I)c1)c1nc2ncc(Br)cc2[nH]1. The summed E-state index contributed by atoms with van der Waals surface area (Å²) in [7, 11) is 0. The molecule has 21 heavy (non-hydrogen) atoms. The Bertz CT molecular complexity index is 892. The van der Waals surface area contributed by atoms with Gasteiger partial charge in [0.25, 0.3) is 0 Å². The predicted octanol–water partition coefficient (Wildman–Crippen LogP) is 4.39. The Morgan fingerprint density at radius 2 is 2.24 bits per heavy atom. The summed E-state index contributed by atoms with van der Waals surface area (Å²) in [5, 5.41) is 9.38. The number of nitrogens with zero attached hydrogens (tertiary/aromatic N) is 3. The van der Waals surface area contributed by atoms with Gasteiger partial charge < -0.3 is 4.98 Å². The zero-order valence-corrected chi connectivity index (χ0v) is 14.4. The van der Waals surface area contributed by atoms with Crippen LogP contribution in [0, 0.1) is 14.9 Å². The molecule has 3 rings (SSSR count). The molecule has 3 aromatic rings. The zero-order chi connectivity index (χ0) is 14.8. The van der Waals surface area contributed by atoms with Gasteiger partial charge in [-0.25, -0.2) is 9.97 Å². The highest BCUT2D eigenvalue weighted by atomic mass is 127. The number of allylic oxidation sites excluding steroid dienone is 1. The van der Waals surface area contributed by atoms with E-state index in [0.717, 1.165) is 19.1 Å². The molecule has 4 nitrogen and oxygen atoms in total. The topological polar surface area (TPSA) is 65.4 Å². The van der Waals surface area contributed by atoms with Crippen molar-refractivity contribution in [3.8, 4) is 6.07 Å². The van der Waals surface area contributed by atoms with Gasteiger partial charge in [0.1, 0.15) is 6.07 Å². The van der Waals surface area contributed by atoms with Crippen molar-refractivity contribution in [3.05, 3.63) is 56.0 Å². The van der Waals surface area contributed by atoms with Crippen LogP contribution in [0.25, 0.3) is 22.8 Å². The normalized spacial score (nSPS) is 11.6. The summed E-state index contributed by atoms with van der Waals surface area (Å²) in [5.41, 5.74) is 2.83. The molecule has 0 bridgehead atoms. The van der Waals surface area contributed by atoms with Crippen molar-refractivity contribution in [1.82, 2.24) is 15.0 Å². The van der Waals surface area contributed by atoms with Gasteiger partial charge in [-0.2, -0.15) is 5.26 Å². The fourth-order valence-electron chi connectivity index (χ4n) is 1.92. The van der Waals surface area contributed by atoms with Crippen molar-refractivity contribution in [2.45, 2.75) is 0 Å². The third kappa shape index (κ3) is 3.14. The summed E-state index contributed by atoms with van der Waals surface area (Å²) in [6.45, 7) is 0. The first-order valence-electron chi connectivity index (χ1n) is 6.05. The fraction of sp³-hybridized carbons (Fsp3) is 0. The molecule has 2 heterocycles. The molecule has 2 aromatic heterocycles. The predicted molar refractivity (Wildman–Crippen MR) is 94.2 cm³/mol. The number of aromatic amines is 1. The van der Waals surface area contributed by atoms with Crippen molar-refractivity contribution in [1.29, 1.82) is 5.26 Å². The summed E-state index contributed by atoms with van der Waals surface area (Å²) >= 11 is 5.61. The molecular formula is C15H8BrIN4. The number of aromatic nitrogens is 3. The van der Waals surface area contributed by atoms with Gasteiger partial charge >= 0.3 is 0 Å². The Balaban J connectivity index is 2.08. The van der Waals surface area contributed by atoms with Gasteiger partial charge in [0.15, 0.2) is 11.5 Å². The van der Waals surface area contributed by atoms with Crippen LogP contribution in [0.2, 0.25) is 0 Å². The Morgan fingerprint density at radius 1 is 1.38 bits per heavy atom. The van der Waals surface area contributed by atoms with Crippen molar-refractivity contribution in [3.63, 3.8) is 0 Å². The van der Waals surface area contributed by atoms with E-state index in [1.165, 1.54) is 0 Å². The minimum atomic E-state index is 0.478. The maximum atomic E-state index is 9.38. The van der Waals surface area contributed by atoms with Crippen LogP contribution in [0.5, 0.6) is 0 Å². The van der Waals surface area contributed by atoms with Crippen LogP contribution in [0.3, 0.4) is 0 Å². The number of rotatable bonds is 2. The number of nitriles is 1. The van der Waals surface area contributed by atoms with Crippen LogP contribution in [-0.2, 0) is 0 Å². The molecule has 0 aliphatic rings. The van der Waals surface area contributed by atoms with Gasteiger partial charge in [-0.05, 0) is 68.4 Å². The fourth-order valence-corrected chi connectivity index (χ4v) is 2.82. The molecule has 0 aliphatic carbocycles. The Hall–Kier alpha value is -1.72. The molecule has 6 heteroatoms. The lowest BCUT2D eigenvalue weighted by Gasteiger charge is -1.96. The number of hydrogen-bond acceptors (Lipinski definition) is 3. The van der Waals surface area contributed by atoms with Crippen LogP contribution in [0.15, 0.2) is 41.0 Å². The molecule has 0 aliphatic heterocycles. The molecule has 0 radical (unpaired) electrons. The number of imidazole rings is 1. The summed E-state index contributed by atoms with van der Waals surface area (Å²) < 4.78 is 1.99. The quantitative estimate of drug-likeness (QED) is 0.465. The van der Waals surface area contributed by atoms with Gasteiger partial charge in [-0.1, -0.05) is 12.1 Å². The van der Waals surface area contributed by atoms with Gasteiger partial charge in [0, 0.05) is 14.2 Å². The van der Waals surface area contributed by atoms with Crippen LogP contribution >= 0.6 is 38.5 Å². The van der Waals surface area contributed by atoms with E-state index in [2.05, 4.69) is 59.5 Å². The average molecular weight is 451 g/mol. The summed E-state index contributed by atoms with van der Waals surface area (Å²) in [6.07, 6.45) is 3.50. The molecule has 0 amide bonds. The monoisotopic (exact) mass is 450 g/mol. The second-order valence-electron chi connectivity index (χ2n) is 4.33. The molecule has 0 spiro atoms. The lowest BCUT2D eigenvalue weighted by atomic mass is 10.1. The standard InChI is InChI=1S/C15H8BrIN4/c16-11-6-13-15(19-8-11)21-14(20-13)10(7-18)4-9-2-1-3-12(17)5-9/h1-6,8H,(H,19,20,21)/b10-4+. The molecular weight excluding hydrogens is 443 g/mol. The third-order valence-corrected chi connectivity index (χ3v) is 3.94. The lowest BCUT2D eigenvalue weighted by molar-refractivity contribution is 1.25. The number of fused-ring (bicyclic) bond motifs is 1. The molecule has 0 saturated carbocycles. The Kier molecular flexibility index (Phi) is 4.03. The van der Waals surface area contributed by atoms with E-state index in [4.69, 9.17) is 0 Å². The molecule has 1 aromatic carbocycles. The third-order valence-electron chi connectivity index (χ3n) is 2.84. The van der Waals surface area contributed by atoms with Crippen LogP contribution < -0.4 is 0 Å². The van der Waals surface area contributed by atoms with E-state index in [9.17, 15) is 5.26 Å². The minimum absolute atomic E-state index is 0.478. The highest BCUT2D eigenvalue weighted by Crippen LogP contribution is 2.21. The molecule has 0 atom stereocenters. The number of nitrogens with one attached hydrogen (secondary N) is 1. The van der Waals surface area contributed by atoms with E-state index in [0.29, 0.717) is 17.0 Å². The largest absolute Gasteiger partial charge is 0.336 e. The Labute approximate surface area is 143 Å². The number of hydrogen-bond donors (Lipinski definition) is 1. The van der Waals surface area contributed by atoms with E-state index in [1.807, 2.05) is 36.4 Å². The second-order valence-corrected chi connectivity index (χ2v) is 6.50.